The van der Waals surface area contributed by atoms with E-state index in [0.29, 0.717) is 5.92 Å². The first-order valence-electron chi connectivity index (χ1n) is 8.43. The van der Waals surface area contributed by atoms with Crippen LogP contribution in [0.3, 0.4) is 0 Å². The van der Waals surface area contributed by atoms with E-state index < -0.39 is 0 Å². The van der Waals surface area contributed by atoms with Crippen LogP contribution in [0.2, 0.25) is 5.02 Å². The molecule has 0 saturated carbocycles. The van der Waals surface area contributed by atoms with Gasteiger partial charge in [0, 0.05) is 22.2 Å². The first-order chi connectivity index (χ1) is 11.8. The van der Waals surface area contributed by atoms with Crippen LogP contribution >= 0.6 is 11.6 Å². The summed E-state index contributed by atoms with van der Waals surface area (Å²) in [5.41, 5.74) is 4.52. The van der Waals surface area contributed by atoms with Crippen LogP contribution in [-0.4, -0.2) is 22.9 Å². The van der Waals surface area contributed by atoms with Gasteiger partial charge in [-0.2, -0.15) is 5.10 Å². The molecule has 2 heterocycles. The van der Waals surface area contributed by atoms with E-state index in [1.807, 2.05) is 30.3 Å². The number of nitrogens with zero attached hydrogens (tertiary/aromatic N) is 2. The number of aromatic nitrogens is 2. The molecule has 2 aromatic carbocycles. The Balaban J connectivity index is 1.79. The summed E-state index contributed by atoms with van der Waals surface area (Å²) in [5, 5.41) is 9.10. The summed E-state index contributed by atoms with van der Waals surface area (Å²) in [6.45, 7) is 2.14. The Kier molecular flexibility index (Phi) is 4.37. The molecule has 1 N–H and O–H groups in total. The van der Waals surface area contributed by atoms with E-state index in [4.69, 9.17) is 16.7 Å². The van der Waals surface area contributed by atoms with Gasteiger partial charge < -0.3 is 5.32 Å². The normalized spacial score (nSPS) is 15.5. The van der Waals surface area contributed by atoms with Gasteiger partial charge in [0.15, 0.2) is 0 Å². The third-order valence-corrected chi connectivity index (χ3v) is 4.89. The van der Waals surface area contributed by atoms with Crippen LogP contribution in [0, 0.1) is 0 Å². The molecule has 1 aromatic heterocycles. The molecule has 1 saturated heterocycles. The number of piperidine rings is 1. The SMILES string of the molecule is Clc1ccc(-c2cc(C3CCNCC3)n(-c3ccccc3)n2)cc1. The average molecular weight is 338 g/mol. The van der Waals surface area contributed by atoms with Crippen molar-refractivity contribution in [2.24, 2.45) is 0 Å². The molecule has 1 fully saturated rings. The molecule has 0 spiro atoms. The first kappa shape index (κ1) is 15.4. The summed E-state index contributed by atoms with van der Waals surface area (Å²) in [6.07, 6.45) is 2.30. The smallest absolute Gasteiger partial charge is 0.0930 e. The number of benzene rings is 2. The highest BCUT2D eigenvalue weighted by Crippen LogP contribution is 2.31. The summed E-state index contributed by atoms with van der Waals surface area (Å²) < 4.78 is 2.11. The van der Waals surface area contributed by atoms with Crippen LogP contribution in [0.1, 0.15) is 24.5 Å². The minimum absolute atomic E-state index is 0.542. The van der Waals surface area contributed by atoms with Crippen molar-refractivity contribution in [1.29, 1.82) is 0 Å². The van der Waals surface area contributed by atoms with E-state index in [0.717, 1.165) is 47.9 Å². The zero-order chi connectivity index (χ0) is 16.4. The Hall–Kier alpha value is -2.10. The van der Waals surface area contributed by atoms with Crippen LogP contribution < -0.4 is 5.32 Å². The number of rotatable bonds is 3. The summed E-state index contributed by atoms with van der Waals surface area (Å²) >= 11 is 6.02. The Morgan fingerprint density at radius 1 is 0.958 bits per heavy atom. The molecule has 4 rings (SSSR count). The summed E-state index contributed by atoms with van der Waals surface area (Å²) in [6, 6.07) is 20.5. The predicted molar refractivity (Wildman–Crippen MR) is 98.9 cm³/mol. The summed E-state index contributed by atoms with van der Waals surface area (Å²) in [7, 11) is 0. The molecular weight excluding hydrogens is 318 g/mol. The van der Waals surface area contributed by atoms with Gasteiger partial charge in [-0.15, -0.1) is 0 Å². The molecule has 1 aliphatic rings. The second-order valence-electron chi connectivity index (χ2n) is 6.23. The van der Waals surface area contributed by atoms with Gasteiger partial charge >= 0.3 is 0 Å². The molecule has 4 heteroatoms. The fraction of sp³-hybridized carbons (Fsp3) is 0.250. The van der Waals surface area contributed by atoms with Crippen LogP contribution in [0.15, 0.2) is 60.7 Å². The van der Waals surface area contributed by atoms with E-state index in [1.54, 1.807) is 0 Å². The van der Waals surface area contributed by atoms with E-state index in [1.165, 1.54) is 5.69 Å². The predicted octanol–water partition coefficient (Wildman–Crippen LogP) is 4.66. The van der Waals surface area contributed by atoms with Crippen molar-refractivity contribution in [3.05, 3.63) is 71.4 Å². The average Bonchev–Trinajstić information content (AvgIpc) is 3.09. The zero-order valence-electron chi connectivity index (χ0n) is 13.5. The quantitative estimate of drug-likeness (QED) is 0.753. The van der Waals surface area contributed by atoms with Crippen LogP contribution in [0.5, 0.6) is 0 Å². The largest absolute Gasteiger partial charge is 0.317 e. The zero-order valence-corrected chi connectivity index (χ0v) is 14.2. The number of halogens is 1. The van der Waals surface area contributed by atoms with Gasteiger partial charge in [-0.05, 0) is 56.3 Å². The molecular formula is C20H20ClN3. The van der Waals surface area contributed by atoms with E-state index in [-0.39, 0.29) is 0 Å². The van der Waals surface area contributed by atoms with E-state index in [2.05, 4.69) is 40.3 Å². The van der Waals surface area contributed by atoms with Crippen molar-refractivity contribution in [2.45, 2.75) is 18.8 Å². The summed E-state index contributed by atoms with van der Waals surface area (Å²) in [5.74, 6) is 0.542. The van der Waals surface area contributed by atoms with Gasteiger partial charge in [-0.3, -0.25) is 0 Å². The molecule has 3 aromatic rings. The first-order valence-corrected chi connectivity index (χ1v) is 8.81. The van der Waals surface area contributed by atoms with Gasteiger partial charge in [0.1, 0.15) is 0 Å². The van der Waals surface area contributed by atoms with Crippen molar-refractivity contribution in [3.63, 3.8) is 0 Å². The maximum atomic E-state index is 6.02. The van der Waals surface area contributed by atoms with Crippen molar-refractivity contribution in [3.8, 4) is 16.9 Å². The second kappa shape index (κ2) is 6.80. The van der Waals surface area contributed by atoms with Gasteiger partial charge in [-0.1, -0.05) is 41.9 Å². The van der Waals surface area contributed by atoms with Gasteiger partial charge in [0.25, 0.3) is 0 Å². The third-order valence-electron chi connectivity index (χ3n) is 4.64. The highest BCUT2D eigenvalue weighted by molar-refractivity contribution is 6.30. The standard InChI is InChI=1S/C20H20ClN3/c21-17-8-6-15(7-9-17)19-14-20(16-10-12-22-13-11-16)24(23-19)18-4-2-1-3-5-18/h1-9,14,16,22H,10-13H2. The number of nitrogens with one attached hydrogen (secondary N) is 1. The minimum Gasteiger partial charge on any atom is -0.317 e. The molecule has 3 nitrogen and oxygen atoms in total. The Morgan fingerprint density at radius 2 is 1.67 bits per heavy atom. The molecule has 0 radical (unpaired) electrons. The van der Waals surface area contributed by atoms with Crippen LogP contribution in [0.25, 0.3) is 16.9 Å². The van der Waals surface area contributed by atoms with Crippen molar-refractivity contribution >= 4 is 11.6 Å². The lowest BCUT2D eigenvalue weighted by Crippen LogP contribution is -2.27. The number of hydrogen-bond acceptors (Lipinski definition) is 2. The molecule has 1 aliphatic heterocycles. The highest BCUT2D eigenvalue weighted by Gasteiger charge is 2.21. The van der Waals surface area contributed by atoms with Crippen molar-refractivity contribution in [1.82, 2.24) is 15.1 Å². The molecule has 0 aliphatic carbocycles. The molecule has 122 valence electrons. The van der Waals surface area contributed by atoms with E-state index in [9.17, 15) is 0 Å². The Morgan fingerprint density at radius 3 is 2.38 bits per heavy atom. The molecule has 0 unspecified atom stereocenters. The number of hydrogen-bond donors (Lipinski definition) is 1. The van der Waals surface area contributed by atoms with Crippen LogP contribution in [0.4, 0.5) is 0 Å². The lowest BCUT2D eigenvalue weighted by atomic mass is 9.94. The maximum absolute atomic E-state index is 6.02. The van der Waals surface area contributed by atoms with Crippen molar-refractivity contribution in [2.75, 3.05) is 13.1 Å². The third kappa shape index (κ3) is 3.10. The van der Waals surface area contributed by atoms with Crippen molar-refractivity contribution < 1.29 is 0 Å². The maximum Gasteiger partial charge on any atom is 0.0930 e. The van der Waals surface area contributed by atoms with Gasteiger partial charge in [0.05, 0.1) is 11.4 Å². The van der Waals surface area contributed by atoms with E-state index >= 15 is 0 Å². The Bertz CT molecular complexity index is 803. The minimum atomic E-state index is 0.542. The topological polar surface area (TPSA) is 29.9 Å². The lowest BCUT2D eigenvalue weighted by Gasteiger charge is -2.23. The van der Waals surface area contributed by atoms with Gasteiger partial charge in [0.2, 0.25) is 0 Å². The molecule has 0 atom stereocenters. The monoisotopic (exact) mass is 337 g/mol. The highest BCUT2D eigenvalue weighted by atomic mass is 35.5. The Labute approximate surface area is 147 Å². The second-order valence-corrected chi connectivity index (χ2v) is 6.67. The summed E-state index contributed by atoms with van der Waals surface area (Å²) in [4.78, 5) is 0. The molecule has 24 heavy (non-hydrogen) atoms. The van der Waals surface area contributed by atoms with Crippen LogP contribution in [-0.2, 0) is 0 Å². The molecule has 0 bridgehead atoms. The lowest BCUT2D eigenvalue weighted by molar-refractivity contribution is 0.446. The van der Waals surface area contributed by atoms with Gasteiger partial charge in [-0.25, -0.2) is 4.68 Å². The fourth-order valence-corrected chi connectivity index (χ4v) is 3.47. The fourth-order valence-electron chi connectivity index (χ4n) is 3.34. The molecule has 0 amide bonds. The number of para-hydroxylation sites is 1.